The first-order valence-electron chi connectivity index (χ1n) is 9.24. The smallest absolute Gasteiger partial charge is 0.236 e. The Balaban J connectivity index is 1.53. The number of nitrogens with one attached hydrogen (secondary N) is 1. The summed E-state index contributed by atoms with van der Waals surface area (Å²) in [5.41, 5.74) is 0. The lowest BCUT2D eigenvalue weighted by atomic mass is 9.94. The molecule has 0 aromatic carbocycles. The van der Waals surface area contributed by atoms with E-state index in [1.165, 1.54) is 42.4 Å². The van der Waals surface area contributed by atoms with Crippen LogP contribution in [-0.4, -0.2) is 38.8 Å². The summed E-state index contributed by atoms with van der Waals surface area (Å²) in [6.45, 7) is 5.40. The molecule has 0 bridgehead atoms. The number of furan rings is 1. The van der Waals surface area contributed by atoms with Crippen molar-refractivity contribution in [1.82, 2.24) is 15.1 Å². The third kappa shape index (κ3) is 5.01. The van der Waals surface area contributed by atoms with Crippen molar-refractivity contribution < 1.29 is 9.21 Å². The molecule has 1 N–H and O–H groups in total. The molecule has 2 aromatic heterocycles. The standard InChI is InChI=1S/C18H26N4O2S2/c1-3-22(14-8-5-4-6-9-14)16(23)13(2)25-18-21-20-17(26-18)19-12-15-10-7-11-24-15/h7,10-11,13-14H,3-6,8-9,12H2,1-2H3,(H,19,20). The topological polar surface area (TPSA) is 71.3 Å². The average molecular weight is 395 g/mol. The van der Waals surface area contributed by atoms with E-state index >= 15 is 0 Å². The number of hydrogen-bond acceptors (Lipinski definition) is 7. The maximum Gasteiger partial charge on any atom is 0.236 e. The van der Waals surface area contributed by atoms with Crippen LogP contribution in [0.3, 0.4) is 0 Å². The summed E-state index contributed by atoms with van der Waals surface area (Å²) < 4.78 is 6.11. The Bertz CT molecular complexity index is 683. The number of rotatable bonds is 8. The molecular formula is C18H26N4O2S2. The Morgan fingerprint density at radius 2 is 2.23 bits per heavy atom. The van der Waals surface area contributed by atoms with Crippen molar-refractivity contribution >= 4 is 34.1 Å². The molecule has 2 aromatic rings. The van der Waals surface area contributed by atoms with Gasteiger partial charge in [-0.25, -0.2) is 0 Å². The van der Waals surface area contributed by atoms with E-state index in [1.807, 2.05) is 19.1 Å². The number of carbonyl (C=O) groups is 1. The van der Waals surface area contributed by atoms with Gasteiger partial charge in [0, 0.05) is 12.6 Å². The van der Waals surface area contributed by atoms with E-state index in [-0.39, 0.29) is 11.2 Å². The molecule has 1 unspecified atom stereocenters. The zero-order valence-corrected chi connectivity index (χ0v) is 16.9. The fraction of sp³-hybridized carbons (Fsp3) is 0.611. The fourth-order valence-corrected chi connectivity index (χ4v) is 5.29. The van der Waals surface area contributed by atoms with Gasteiger partial charge in [0.25, 0.3) is 0 Å². The number of nitrogens with zero attached hydrogens (tertiary/aromatic N) is 3. The van der Waals surface area contributed by atoms with Crippen molar-refractivity contribution in [2.45, 2.75) is 68.1 Å². The van der Waals surface area contributed by atoms with E-state index in [9.17, 15) is 4.79 Å². The van der Waals surface area contributed by atoms with Gasteiger partial charge in [-0.15, -0.1) is 10.2 Å². The van der Waals surface area contributed by atoms with Crippen molar-refractivity contribution in [2.75, 3.05) is 11.9 Å². The Kier molecular flexibility index (Phi) is 6.96. The zero-order valence-electron chi connectivity index (χ0n) is 15.3. The number of carbonyl (C=O) groups excluding carboxylic acids is 1. The fourth-order valence-electron chi connectivity index (χ4n) is 3.33. The van der Waals surface area contributed by atoms with E-state index in [4.69, 9.17) is 4.42 Å². The predicted octanol–water partition coefficient (Wildman–Crippen LogP) is 4.41. The minimum absolute atomic E-state index is 0.150. The summed E-state index contributed by atoms with van der Waals surface area (Å²) in [5.74, 6) is 1.06. The van der Waals surface area contributed by atoms with E-state index < -0.39 is 0 Å². The maximum atomic E-state index is 12.9. The van der Waals surface area contributed by atoms with Gasteiger partial charge in [0.2, 0.25) is 11.0 Å². The van der Waals surface area contributed by atoms with Crippen LogP contribution < -0.4 is 5.32 Å². The Labute approximate surface area is 162 Å². The van der Waals surface area contributed by atoms with E-state index in [0.29, 0.717) is 12.6 Å². The second-order valence-electron chi connectivity index (χ2n) is 6.48. The molecule has 1 atom stereocenters. The lowest BCUT2D eigenvalue weighted by Crippen LogP contribution is -2.44. The van der Waals surface area contributed by atoms with Crippen LogP contribution >= 0.6 is 23.1 Å². The van der Waals surface area contributed by atoms with Crippen LogP contribution in [0.2, 0.25) is 0 Å². The number of hydrogen-bond donors (Lipinski definition) is 1. The van der Waals surface area contributed by atoms with Gasteiger partial charge < -0.3 is 14.6 Å². The maximum absolute atomic E-state index is 12.9. The molecule has 1 aliphatic rings. The van der Waals surface area contributed by atoms with Gasteiger partial charge in [-0.3, -0.25) is 4.79 Å². The molecule has 1 aliphatic carbocycles. The highest BCUT2D eigenvalue weighted by Crippen LogP contribution is 2.31. The van der Waals surface area contributed by atoms with E-state index in [0.717, 1.165) is 34.6 Å². The van der Waals surface area contributed by atoms with Crippen molar-refractivity contribution in [1.29, 1.82) is 0 Å². The first-order chi connectivity index (χ1) is 12.7. The minimum Gasteiger partial charge on any atom is -0.467 e. The third-order valence-corrected chi connectivity index (χ3v) is 6.72. The molecule has 0 spiro atoms. The van der Waals surface area contributed by atoms with Gasteiger partial charge in [0.15, 0.2) is 4.34 Å². The van der Waals surface area contributed by atoms with Crippen LogP contribution in [0.5, 0.6) is 0 Å². The SMILES string of the molecule is CCN(C(=O)C(C)Sc1nnc(NCc2ccco2)s1)C1CCCCC1. The normalized spacial score (nSPS) is 16.4. The largest absolute Gasteiger partial charge is 0.467 e. The van der Waals surface area contributed by atoms with Gasteiger partial charge in [-0.05, 0) is 38.8 Å². The van der Waals surface area contributed by atoms with Crippen molar-refractivity contribution in [3.63, 3.8) is 0 Å². The van der Waals surface area contributed by atoms with Gasteiger partial charge >= 0.3 is 0 Å². The van der Waals surface area contributed by atoms with Crippen molar-refractivity contribution in [3.8, 4) is 0 Å². The Morgan fingerprint density at radius 1 is 1.42 bits per heavy atom. The molecule has 8 heteroatoms. The van der Waals surface area contributed by atoms with Crippen LogP contribution in [0.25, 0.3) is 0 Å². The molecule has 1 saturated carbocycles. The van der Waals surface area contributed by atoms with Gasteiger partial charge in [0.1, 0.15) is 5.76 Å². The summed E-state index contributed by atoms with van der Waals surface area (Å²) in [7, 11) is 0. The van der Waals surface area contributed by atoms with Crippen LogP contribution in [0.4, 0.5) is 5.13 Å². The number of aromatic nitrogens is 2. The molecule has 1 fully saturated rings. The van der Waals surface area contributed by atoms with Gasteiger partial charge in [0.05, 0.1) is 18.1 Å². The molecule has 142 valence electrons. The predicted molar refractivity (Wildman–Crippen MR) is 106 cm³/mol. The molecule has 3 rings (SSSR count). The quantitative estimate of drug-likeness (QED) is 0.669. The molecule has 1 amide bonds. The van der Waals surface area contributed by atoms with E-state index in [1.54, 1.807) is 6.26 Å². The summed E-state index contributed by atoms with van der Waals surface area (Å²) in [6.07, 6.45) is 7.68. The summed E-state index contributed by atoms with van der Waals surface area (Å²) >= 11 is 2.97. The number of anilines is 1. The Hall–Kier alpha value is -1.54. The van der Waals surface area contributed by atoms with Crippen LogP contribution in [0, 0.1) is 0 Å². The highest BCUT2D eigenvalue weighted by molar-refractivity contribution is 8.02. The average Bonchev–Trinajstić information content (AvgIpc) is 3.33. The first kappa shape index (κ1) is 19.2. The zero-order chi connectivity index (χ0) is 18.4. The van der Waals surface area contributed by atoms with E-state index in [2.05, 4.69) is 27.3 Å². The second kappa shape index (κ2) is 9.41. The monoisotopic (exact) mass is 394 g/mol. The summed E-state index contributed by atoms with van der Waals surface area (Å²) in [6, 6.07) is 4.18. The van der Waals surface area contributed by atoms with Crippen LogP contribution in [0.15, 0.2) is 27.2 Å². The summed E-state index contributed by atoms with van der Waals surface area (Å²) in [4.78, 5) is 15.0. The lowest BCUT2D eigenvalue weighted by molar-refractivity contribution is -0.133. The molecule has 0 aliphatic heterocycles. The lowest BCUT2D eigenvalue weighted by Gasteiger charge is -2.35. The van der Waals surface area contributed by atoms with Gasteiger partial charge in [-0.1, -0.05) is 42.4 Å². The van der Waals surface area contributed by atoms with Crippen molar-refractivity contribution in [3.05, 3.63) is 24.2 Å². The molecule has 6 nitrogen and oxygen atoms in total. The van der Waals surface area contributed by atoms with Crippen molar-refractivity contribution in [2.24, 2.45) is 0 Å². The third-order valence-electron chi connectivity index (χ3n) is 4.67. The molecule has 2 heterocycles. The second-order valence-corrected chi connectivity index (χ2v) is 9.05. The molecule has 0 saturated heterocycles. The molecular weight excluding hydrogens is 368 g/mol. The Morgan fingerprint density at radius 3 is 2.92 bits per heavy atom. The summed E-state index contributed by atoms with van der Waals surface area (Å²) in [5, 5.41) is 12.1. The minimum atomic E-state index is -0.150. The van der Waals surface area contributed by atoms with Gasteiger partial charge in [-0.2, -0.15) is 0 Å². The van der Waals surface area contributed by atoms with Crippen LogP contribution in [0.1, 0.15) is 51.7 Å². The highest BCUT2D eigenvalue weighted by atomic mass is 32.2. The number of amides is 1. The molecule has 0 radical (unpaired) electrons. The molecule has 26 heavy (non-hydrogen) atoms. The van der Waals surface area contributed by atoms with Crippen LogP contribution in [-0.2, 0) is 11.3 Å². The highest BCUT2D eigenvalue weighted by Gasteiger charge is 2.28. The number of thioether (sulfide) groups is 1. The first-order valence-corrected chi connectivity index (χ1v) is 10.9.